The molecule has 0 amide bonds. The first-order valence-corrected chi connectivity index (χ1v) is 16.8. The molecule has 2 atom stereocenters. The third-order valence-corrected chi connectivity index (χ3v) is 8.60. The van der Waals surface area contributed by atoms with Crippen LogP contribution >= 0.6 is 0 Å². The first-order valence-electron chi connectivity index (χ1n) is 16.8. The number of benzene rings is 2. The van der Waals surface area contributed by atoms with Crippen LogP contribution in [-0.2, 0) is 38.1 Å². The zero-order valence-electron chi connectivity index (χ0n) is 30.1. The highest BCUT2D eigenvalue weighted by Crippen LogP contribution is 2.44. The highest BCUT2D eigenvalue weighted by Gasteiger charge is 2.42. The summed E-state index contributed by atoms with van der Waals surface area (Å²) in [6.45, 7) is 9.09. The number of para-hydroxylation sites is 2. The van der Waals surface area contributed by atoms with E-state index >= 15 is 0 Å². The summed E-state index contributed by atoms with van der Waals surface area (Å²) < 4.78 is 21.6. The lowest BCUT2D eigenvalue weighted by atomic mass is 9.79. The van der Waals surface area contributed by atoms with E-state index < -0.39 is 45.6 Å². The van der Waals surface area contributed by atoms with Crippen molar-refractivity contribution in [3.8, 4) is 0 Å². The number of rotatable bonds is 14. The third-order valence-electron chi connectivity index (χ3n) is 8.60. The van der Waals surface area contributed by atoms with Gasteiger partial charge in [-0.15, -0.1) is 0 Å². The molecule has 0 fully saturated rings. The predicted octanol–water partition coefficient (Wildman–Crippen LogP) is 5.28. The molecule has 0 aliphatic carbocycles. The van der Waals surface area contributed by atoms with Crippen LogP contribution in [0.15, 0.2) is 93.6 Å². The first kappa shape index (κ1) is 39.5. The van der Waals surface area contributed by atoms with Crippen LogP contribution in [0.1, 0.15) is 70.9 Å². The molecule has 0 spiro atoms. The van der Waals surface area contributed by atoms with E-state index in [4.69, 9.17) is 18.9 Å². The van der Waals surface area contributed by atoms with Crippen LogP contribution in [0.2, 0.25) is 0 Å². The molecular formula is C37H40N4O12. The van der Waals surface area contributed by atoms with Gasteiger partial charge in [-0.2, -0.15) is 0 Å². The molecule has 2 aliphatic rings. The number of nitro groups is 2. The van der Waals surface area contributed by atoms with E-state index in [0.29, 0.717) is 22.8 Å². The van der Waals surface area contributed by atoms with Crippen LogP contribution in [-0.4, -0.2) is 60.2 Å². The summed E-state index contributed by atoms with van der Waals surface area (Å²) in [5.41, 5.74) is 0.820. The number of carbonyl (C=O) groups excluding carboxylic acids is 4. The number of carbonyl (C=O) groups is 4. The fourth-order valence-corrected chi connectivity index (χ4v) is 6.45. The summed E-state index contributed by atoms with van der Waals surface area (Å²) in [7, 11) is 0. The van der Waals surface area contributed by atoms with Gasteiger partial charge in [-0.05, 0) is 41.5 Å². The predicted molar refractivity (Wildman–Crippen MR) is 189 cm³/mol. The maximum Gasteiger partial charge on any atom is 0.336 e. The number of nitrogens with one attached hydrogen (secondary N) is 2. The third kappa shape index (κ3) is 8.43. The van der Waals surface area contributed by atoms with Crippen LogP contribution in [0.4, 0.5) is 11.4 Å². The van der Waals surface area contributed by atoms with Gasteiger partial charge in [-0.25, -0.2) is 19.2 Å². The molecule has 2 aliphatic heterocycles. The van der Waals surface area contributed by atoms with Gasteiger partial charge in [0, 0.05) is 52.5 Å². The normalized spacial score (nSPS) is 17.1. The van der Waals surface area contributed by atoms with Crippen molar-refractivity contribution in [2.75, 3.05) is 26.4 Å². The Morgan fingerprint density at radius 2 is 0.868 bits per heavy atom. The average Bonchev–Trinajstić information content (AvgIpc) is 3.10. The number of hydrogen-bond donors (Lipinski definition) is 2. The molecule has 0 bridgehead atoms. The van der Waals surface area contributed by atoms with Gasteiger partial charge in [0.2, 0.25) is 0 Å². The SMILES string of the molecule is CCOC(=O)C1=C(C)NC(C)=C(C(=O)OCCCOC(=O)C2=C(C)NC(C)=C(C(=O)OCC)C2c2ccccc2[N+](=O)[O-])C1c1ccccc1[N+](=O)[O-]. The lowest BCUT2D eigenvalue weighted by Crippen LogP contribution is -2.33. The molecule has 2 aromatic carbocycles. The Bertz CT molecular complexity index is 1840. The van der Waals surface area contributed by atoms with Crippen LogP contribution in [0.3, 0.4) is 0 Å². The van der Waals surface area contributed by atoms with E-state index in [0.717, 1.165) is 0 Å². The Morgan fingerprint density at radius 1 is 0.566 bits per heavy atom. The van der Waals surface area contributed by atoms with Crippen LogP contribution in [0, 0.1) is 20.2 Å². The van der Waals surface area contributed by atoms with Crippen molar-refractivity contribution in [1.29, 1.82) is 0 Å². The van der Waals surface area contributed by atoms with Gasteiger partial charge in [0.25, 0.3) is 11.4 Å². The maximum absolute atomic E-state index is 13.7. The van der Waals surface area contributed by atoms with Gasteiger partial charge in [0.1, 0.15) is 0 Å². The number of nitro benzene ring substituents is 2. The largest absolute Gasteiger partial charge is 0.463 e. The molecule has 2 unspecified atom stereocenters. The van der Waals surface area contributed by atoms with E-state index in [2.05, 4.69) is 10.6 Å². The Labute approximate surface area is 304 Å². The van der Waals surface area contributed by atoms with Gasteiger partial charge in [0.15, 0.2) is 0 Å². The van der Waals surface area contributed by atoms with E-state index in [9.17, 15) is 39.4 Å². The quantitative estimate of drug-likeness (QED) is 0.0832. The number of nitrogens with zero attached hydrogens (tertiary/aromatic N) is 2. The highest BCUT2D eigenvalue weighted by molar-refractivity contribution is 6.01. The van der Waals surface area contributed by atoms with Crippen molar-refractivity contribution in [2.24, 2.45) is 0 Å². The minimum absolute atomic E-state index is 0.00248. The summed E-state index contributed by atoms with van der Waals surface area (Å²) in [5.74, 6) is -5.65. The lowest BCUT2D eigenvalue weighted by Gasteiger charge is -2.30. The lowest BCUT2D eigenvalue weighted by molar-refractivity contribution is -0.385. The van der Waals surface area contributed by atoms with E-state index in [1.54, 1.807) is 53.7 Å². The van der Waals surface area contributed by atoms with E-state index in [1.165, 1.54) is 36.4 Å². The van der Waals surface area contributed by atoms with Crippen molar-refractivity contribution in [3.63, 3.8) is 0 Å². The fraction of sp³-hybridized carbons (Fsp3) is 0.351. The van der Waals surface area contributed by atoms with Gasteiger partial charge in [-0.1, -0.05) is 36.4 Å². The summed E-state index contributed by atoms with van der Waals surface area (Å²) in [6.07, 6.45) is 0.00248. The van der Waals surface area contributed by atoms with Crippen molar-refractivity contribution in [3.05, 3.63) is 125 Å². The standard InChI is InChI=1S/C37H40N4O12/c1-7-50-34(42)28-20(3)38-22(5)30(32(28)24-14-9-11-16-26(24)40(46)47)36(44)52-18-13-19-53-37(45)31-23(6)39-21(4)29(35(43)51-8-2)33(31)25-15-10-12-17-27(25)41(48)49/h9-12,14-17,32-33,38-39H,7-8,13,18-19H2,1-6H3. The zero-order valence-corrected chi connectivity index (χ0v) is 30.1. The van der Waals surface area contributed by atoms with Gasteiger partial charge < -0.3 is 29.6 Å². The second-order valence-electron chi connectivity index (χ2n) is 12.0. The van der Waals surface area contributed by atoms with Crippen molar-refractivity contribution >= 4 is 35.3 Å². The molecule has 0 saturated heterocycles. The molecule has 16 nitrogen and oxygen atoms in total. The molecule has 2 N–H and O–H groups in total. The van der Waals surface area contributed by atoms with Gasteiger partial charge in [0.05, 0.1) is 70.4 Å². The van der Waals surface area contributed by atoms with Crippen LogP contribution < -0.4 is 10.6 Å². The molecule has 4 rings (SSSR count). The van der Waals surface area contributed by atoms with E-state index in [1.807, 2.05) is 0 Å². The minimum atomic E-state index is -1.19. The Hall–Kier alpha value is -6.32. The van der Waals surface area contributed by atoms with Gasteiger partial charge in [-0.3, -0.25) is 20.2 Å². The van der Waals surface area contributed by atoms with Crippen molar-refractivity contribution in [2.45, 2.75) is 59.8 Å². The van der Waals surface area contributed by atoms with Gasteiger partial charge >= 0.3 is 23.9 Å². The molecule has 0 radical (unpaired) electrons. The van der Waals surface area contributed by atoms with Crippen LogP contribution in [0.25, 0.3) is 0 Å². The topological polar surface area (TPSA) is 216 Å². The minimum Gasteiger partial charge on any atom is -0.463 e. The summed E-state index contributed by atoms with van der Waals surface area (Å²) in [4.78, 5) is 76.5. The Balaban J connectivity index is 1.55. The first-order chi connectivity index (χ1) is 25.2. The highest BCUT2D eigenvalue weighted by atomic mass is 16.6. The monoisotopic (exact) mass is 732 g/mol. The van der Waals surface area contributed by atoms with E-state index in [-0.39, 0.29) is 77.6 Å². The fourth-order valence-electron chi connectivity index (χ4n) is 6.45. The summed E-state index contributed by atoms with van der Waals surface area (Å²) >= 11 is 0. The molecule has 0 saturated carbocycles. The molecule has 2 aromatic rings. The average molecular weight is 733 g/mol. The smallest absolute Gasteiger partial charge is 0.336 e. The number of hydrogen-bond acceptors (Lipinski definition) is 14. The maximum atomic E-state index is 13.7. The second-order valence-corrected chi connectivity index (χ2v) is 12.0. The number of esters is 4. The Morgan fingerprint density at radius 3 is 1.17 bits per heavy atom. The number of dihydropyridines is 2. The molecule has 53 heavy (non-hydrogen) atoms. The number of ether oxygens (including phenoxy) is 4. The molecule has 2 heterocycles. The van der Waals surface area contributed by atoms with Crippen molar-refractivity contribution < 1.29 is 48.0 Å². The van der Waals surface area contributed by atoms with Crippen molar-refractivity contribution in [1.82, 2.24) is 10.6 Å². The molecular weight excluding hydrogens is 692 g/mol. The second kappa shape index (κ2) is 17.3. The number of allylic oxidation sites excluding steroid dienone is 4. The Kier molecular flexibility index (Phi) is 12.9. The van der Waals surface area contributed by atoms with Crippen LogP contribution in [0.5, 0.6) is 0 Å². The zero-order chi connectivity index (χ0) is 39.0. The molecule has 280 valence electrons. The molecule has 16 heteroatoms. The molecule has 0 aromatic heterocycles. The summed E-state index contributed by atoms with van der Waals surface area (Å²) in [5, 5.41) is 30.0. The summed E-state index contributed by atoms with van der Waals surface area (Å²) in [6, 6.07) is 11.5.